The van der Waals surface area contributed by atoms with Gasteiger partial charge >= 0.3 is 0 Å². The minimum absolute atomic E-state index is 0.00416. The molecule has 2 aliphatic carbocycles. The van der Waals surface area contributed by atoms with Crippen molar-refractivity contribution in [3.8, 4) is 0 Å². The van der Waals surface area contributed by atoms with E-state index in [2.05, 4.69) is 0 Å². The number of rotatable bonds is 4. The van der Waals surface area contributed by atoms with Gasteiger partial charge in [-0.15, -0.1) is 0 Å². The SMILES string of the molecule is OC(CC1CC2CCC1C2)c1cccc(C(F)F)c1. The lowest BCUT2D eigenvalue weighted by molar-refractivity contribution is 0.124. The third-order valence-electron chi connectivity index (χ3n) is 4.96. The standard InChI is InChI=1S/C16H20F2O/c17-16(18)13-3-1-2-12(8-13)15(19)9-14-7-10-4-5-11(14)6-10/h1-3,8,10-11,14-16,19H,4-7,9H2. The summed E-state index contributed by atoms with van der Waals surface area (Å²) in [7, 11) is 0. The minimum atomic E-state index is -2.46. The first-order chi connectivity index (χ1) is 9.13. The Hall–Kier alpha value is -0.960. The monoisotopic (exact) mass is 266 g/mol. The summed E-state index contributed by atoms with van der Waals surface area (Å²) in [5.41, 5.74) is 0.644. The van der Waals surface area contributed by atoms with Crippen molar-refractivity contribution < 1.29 is 13.9 Å². The Morgan fingerprint density at radius 1 is 1.16 bits per heavy atom. The average Bonchev–Trinajstić information content (AvgIpc) is 3.01. The Morgan fingerprint density at radius 2 is 1.95 bits per heavy atom. The van der Waals surface area contributed by atoms with E-state index in [0.29, 0.717) is 11.5 Å². The van der Waals surface area contributed by atoms with Crippen molar-refractivity contribution in [3.63, 3.8) is 0 Å². The first-order valence-electron chi connectivity index (χ1n) is 7.19. The van der Waals surface area contributed by atoms with Crippen LogP contribution in [0.2, 0.25) is 0 Å². The molecule has 0 radical (unpaired) electrons. The second-order valence-electron chi connectivity index (χ2n) is 6.16. The molecule has 0 aliphatic heterocycles. The summed E-state index contributed by atoms with van der Waals surface area (Å²) in [5, 5.41) is 10.3. The van der Waals surface area contributed by atoms with Gasteiger partial charge in [0, 0.05) is 5.56 Å². The molecule has 4 unspecified atom stereocenters. The van der Waals surface area contributed by atoms with E-state index in [1.807, 2.05) is 0 Å². The molecule has 3 rings (SSSR count). The third-order valence-corrected chi connectivity index (χ3v) is 4.96. The minimum Gasteiger partial charge on any atom is -0.388 e. The highest BCUT2D eigenvalue weighted by atomic mass is 19.3. The van der Waals surface area contributed by atoms with E-state index in [1.54, 1.807) is 12.1 Å². The van der Waals surface area contributed by atoms with E-state index >= 15 is 0 Å². The highest BCUT2D eigenvalue weighted by Crippen LogP contribution is 2.50. The Kier molecular flexibility index (Phi) is 3.57. The maximum absolute atomic E-state index is 12.7. The number of alkyl halides is 2. The van der Waals surface area contributed by atoms with Gasteiger partial charge in [0.15, 0.2) is 0 Å². The second kappa shape index (κ2) is 5.20. The summed E-state index contributed by atoms with van der Waals surface area (Å²) in [6.07, 6.45) is 2.84. The molecule has 0 aromatic heterocycles. The van der Waals surface area contributed by atoms with E-state index in [-0.39, 0.29) is 5.56 Å². The van der Waals surface area contributed by atoms with Gasteiger partial charge in [-0.05, 0) is 55.1 Å². The van der Waals surface area contributed by atoms with Crippen molar-refractivity contribution >= 4 is 0 Å². The van der Waals surface area contributed by atoms with Crippen LogP contribution in [0.4, 0.5) is 8.78 Å². The number of fused-ring (bicyclic) bond motifs is 2. The zero-order valence-corrected chi connectivity index (χ0v) is 10.9. The van der Waals surface area contributed by atoms with E-state index in [0.717, 1.165) is 18.3 Å². The van der Waals surface area contributed by atoms with Crippen LogP contribution in [0.5, 0.6) is 0 Å². The fourth-order valence-electron chi connectivity index (χ4n) is 3.99. The number of hydrogen-bond acceptors (Lipinski definition) is 1. The molecule has 2 aliphatic rings. The van der Waals surface area contributed by atoms with Crippen LogP contribution in [0.3, 0.4) is 0 Å². The summed E-state index contributed by atoms with van der Waals surface area (Å²) < 4.78 is 25.3. The van der Waals surface area contributed by atoms with Crippen LogP contribution in [0, 0.1) is 17.8 Å². The Morgan fingerprint density at radius 3 is 2.58 bits per heavy atom. The quantitative estimate of drug-likeness (QED) is 0.851. The normalized spacial score (nSPS) is 31.1. The van der Waals surface area contributed by atoms with Crippen LogP contribution >= 0.6 is 0 Å². The van der Waals surface area contributed by atoms with Crippen LogP contribution in [0.25, 0.3) is 0 Å². The van der Waals surface area contributed by atoms with Gasteiger partial charge in [-0.2, -0.15) is 0 Å². The van der Waals surface area contributed by atoms with Crippen molar-refractivity contribution in [1.29, 1.82) is 0 Å². The number of benzene rings is 1. The molecule has 2 fully saturated rings. The highest BCUT2D eigenvalue weighted by Gasteiger charge is 2.40. The van der Waals surface area contributed by atoms with Crippen molar-refractivity contribution in [3.05, 3.63) is 35.4 Å². The number of hydrogen-bond donors (Lipinski definition) is 1. The molecular weight excluding hydrogens is 246 g/mol. The van der Waals surface area contributed by atoms with Gasteiger partial charge in [0.25, 0.3) is 6.43 Å². The van der Waals surface area contributed by atoms with Gasteiger partial charge in [-0.1, -0.05) is 24.6 Å². The fourth-order valence-corrected chi connectivity index (χ4v) is 3.99. The molecule has 1 aromatic carbocycles. The molecule has 0 spiro atoms. The maximum Gasteiger partial charge on any atom is 0.263 e. The lowest BCUT2D eigenvalue weighted by atomic mass is 9.83. The first-order valence-corrected chi connectivity index (χ1v) is 7.19. The van der Waals surface area contributed by atoms with Crippen molar-refractivity contribution in [1.82, 2.24) is 0 Å². The maximum atomic E-state index is 12.7. The molecular formula is C16H20F2O. The van der Waals surface area contributed by atoms with Gasteiger partial charge in [-0.3, -0.25) is 0 Å². The van der Waals surface area contributed by atoms with E-state index in [1.165, 1.54) is 37.8 Å². The molecule has 1 nitrogen and oxygen atoms in total. The van der Waals surface area contributed by atoms with Crippen LogP contribution in [0.15, 0.2) is 24.3 Å². The van der Waals surface area contributed by atoms with Crippen LogP contribution in [0.1, 0.15) is 55.8 Å². The van der Waals surface area contributed by atoms with E-state index < -0.39 is 12.5 Å². The Labute approximate surface area is 112 Å². The van der Waals surface area contributed by atoms with Crippen molar-refractivity contribution in [2.45, 2.75) is 44.6 Å². The largest absolute Gasteiger partial charge is 0.388 e. The summed E-state index contributed by atoms with van der Waals surface area (Å²) in [4.78, 5) is 0. The third kappa shape index (κ3) is 2.66. The molecule has 0 heterocycles. The van der Waals surface area contributed by atoms with E-state index in [9.17, 15) is 13.9 Å². The summed E-state index contributed by atoms with van der Waals surface area (Å²) in [5.74, 6) is 2.21. The molecule has 2 saturated carbocycles. The summed E-state index contributed by atoms with van der Waals surface area (Å²) >= 11 is 0. The first kappa shape index (κ1) is 13.0. The molecule has 1 aromatic rings. The number of aliphatic hydroxyl groups excluding tert-OH is 1. The predicted octanol–water partition coefficient (Wildman–Crippen LogP) is 4.48. The molecule has 104 valence electrons. The van der Waals surface area contributed by atoms with Gasteiger partial charge in [0.2, 0.25) is 0 Å². The predicted molar refractivity (Wildman–Crippen MR) is 69.9 cm³/mol. The Balaban J connectivity index is 1.66. The Bertz CT molecular complexity index is 446. The van der Waals surface area contributed by atoms with E-state index in [4.69, 9.17) is 0 Å². The molecule has 1 N–H and O–H groups in total. The number of aliphatic hydroxyl groups is 1. The topological polar surface area (TPSA) is 20.2 Å². The van der Waals surface area contributed by atoms with Crippen molar-refractivity contribution in [2.75, 3.05) is 0 Å². The van der Waals surface area contributed by atoms with Gasteiger partial charge in [0.05, 0.1) is 6.10 Å². The molecule has 4 atom stereocenters. The molecule has 3 heteroatoms. The van der Waals surface area contributed by atoms with Crippen molar-refractivity contribution in [2.24, 2.45) is 17.8 Å². The molecule has 19 heavy (non-hydrogen) atoms. The van der Waals surface area contributed by atoms with Crippen LogP contribution in [-0.4, -0.2) is 5.11 Å². The van der Waals surface area contributed by atoms with Crippen LogP contribution in [-0.2, 0) is 0 Å². The molecule has 2 bridgehead atoms. The molecule has 0 saturated heterocycles. The summed E-state index contributed by atoms with van der Waals surface area (Å²) in [6.45, 7) is 0. The fraction of sp³-hybridized carbons (Fsp3) is 0.625. The van der Waals surface area contributed by atoms with Gasteiger partial charge in [0.1, 0.15) is 0 Å². The average molecular weight is 266 g/mol. The van der Waals surface area contributed by atoms with Crippen LogP contribution < -0.4 is 0 Å². The van der Waals surface area contributed by atoms with Gasteiger partial charge < -0.3 is 5.11 Å². The zero-order chi connectivity index (χ0) is 13.4. The molecule has 0 amide bonds. The second-order valence-corrected chi connectivity index (χ2v) is 6.16. The zero-order valence-electron chi connectivity index (χ0n) is 10.9. The number of halogens is 2. The highest BCUT2D eigenvalue weighted by molar-refractivity contribution is 5.26. The smallest absolute Gasteiger partial charge is 0.263 e. The summed E-state index contributed by atoms with van der Waals surface area (Å²) in [6, 6.07) is 6.23. The lowest BCUT2D eigenvalue weighted by Gasteiger charge is -2.24. The lowest BCUT2D eigenvalue weighted by Crippen LogP contribution is -2.14. The van der Waals surface area contributed by atoms with Gasteiger partial charge in [-0.25, -0.2) is 8.78 Å².